The molecule has 2 heterocycles. The number of aliphatic carboxylic acids is 1. The highest BCUT2D eigenvalue weighted by Gasteiger charge is 2.40. The summed E-state index contributed by atoms with van der Waals surface area (Å²) in [6, 6.07) is 0.418. The van der Waals surface area contributed by atoms with Gasteiger partial charge in [-0.15, -0.1) is 0 Å². The van der Waals surface area contributed by atoms with Crippen molar-refractivity contribution in [3.8, 4) is 0 Å². The van der Waals surface area contributed by atoms with Crippen molar-refractivity contribution in [2.75, 3.05) is 26.2 Å². The average Bonchev–Trinajstić information content (AvgIpc) is 2.42. The van der Waals surface area contributed by atoms with E-state index >= 15 is 0 Å². The number of nitrogens with one attached hydrogen (secondary N) is 1. The first-order chi connectivity index (χ1) is 10.1. The largest absolute Gasteiger partial charge is 0.490 e. The maximum Gasteiger partial charge on any atom is 0.490 e. The van der Waals surface area contributed by atoms with E-state index in [1.807, 2.05) is 18.7 Å². The van der Waals surface area contributed by atoms with Gasteiger partial charge in [0.2, 0.25) is 0 Å². The first-order valence-corrected chi connectivity index (χ1v) is 7.01. The zero-order valence-corrected chi connectivity index (χ0v) is 12.6. The second kappa shape index (κ2) is 7.28. The average molecular weight is 326 g/mol. The summed E-state index contributed by atoms with van der Waals surface area (Å²) < 4.78 is 37.2. The Bertz CT molecular complexity index is 407. The van der Waals surface area contributed by atoms with Crippen molar-refractivity contribution in [1.82, 2.24) is 10.2 Å². The van der Waals surface area contributed by atoms with Gasteiger partial charge in [-0.05, 0) is 39.8 Å². The van der Waals surface area contributed by atoms with Crippen molar-refractivity contribution in [3.05, 3.63) is 0 Å². The molecule has 6 nitrogen and oxygen atoms in total. The van der Waals surface area contributed by atoms with E-state index < -0.39 is 17.7 Å². The Morgan fingerprint density at radius 2 is 1.86 bits per heavy atom. The Morgan fingerprint density at radius 3 is 2.32 bits per heavy atom. The summed E-state index contributed by atoms with van der Waals surface area (Å²) in [7, 11) is 0. The van der Waals surface area contributed by atoms with Crippen LogP contribution in [0.4, 0.5) is 13.2 Å². The third kappa shape index (κ3) is 5.13. The number of carbonyl (C=O) groups is 2. The standard InChI is InChI=1S/C11H20N2O2.C2HF3O2/c1-11(2)10(14)13(7-8-15-11)9-3-5-12-6-4-9;3-2(4,5)1(6)7/h9,12H,3-8H2,1-2H3;(H,6,7). The molecule has 2 rings (SSSR count). The Labute approximate surface area is 126 Å². The van der Waals surface area contributed by atoms with Crippen LogP contribution in [0.5, 0.6) is 0 Å². The molecule has 0 aromatic heterocycles. The molecule has 2 aliphatic rings. The summed E-state index contributed by atoms with van der Waals surface area (Å²) in [4.78, 5) is 23.0. The predicted octanol–water partition coefficient (Wildman–Crippen LogP) is 1.01. The van der Waals surface area contributed by atoms with Crippen LogP contribution in [0, 0.1) is 0 Å². The Kier molecular flexibility index (Phi) is 6.18. The lowest BCUT2D eigenvalue weighted by Crippen LogP contribution is -2.58. The van der Waals surface area contributed by atoms with Crippen LogP contribution in [-0.2, 0) is 14.3 Å². The number of carboxylic acids is 1. The van der Waals surface area contributed by atoms with Crippen LogP contribution in [0.3, 0.4) is 0 Å². The summed E-state index contributed by atoms with van der Waals surface area (Å²) in [6.07, 6.45) is -2.94. The highest BCUT2D eigenvalue weighted by molar-refractivity contribution is 5.85. The zero-order chi connectivity index (χ0) is 17.0. The zero-order valence-electron chi connectivity index (χ0n) is 12.6. The van der Waals surface area contributed by atoms with Gasteiger partial charge in [0.15, 0.2) is 0 Å². The number of halogens is 3. The molecule has 0 aromatic carbocycles. The monoisotopic (exact) mass is 326 g/mol. The molecule has 1 amide bonds. The topological polar surface area (TPSA) is 78.9 Å². The summed E-state index contributed by atoms with van der Waals surface area (Å²) in [6.45, 7) is 7.20. The Hall–Kier alpha value is -1.35. The molecular weight excluding hydrogens is 305 g/mol. The fraction of sp³-hybridized carbons (Fsp3) is 0.846. The number of ether oxygens (including phenoxy) is 1. The van der Waals surface area contributed by atoms with E-state index in [0.717, 1.165) is 32.5 Å². The van der Waals surface area contributed by atoms with Crippen LogP contribution in [0.25, 0.3) is 0 Å². The molecule has 2 fully saturated rings. The van der Waals surface area contributed by atoms with E-state index in [9.17, 15) is 18.0 Å². The van der Waals surface area contributed by atoms with Crippen molar-refractivity contribution in [1.29, 1.82) is 0 Å². The minimum atomic E-state index is -5.08. The second-order valence-corrected chi connectivity index (χ2v) is 5.64. The molecule has 128 valence electrons. The summed E-state index contributed by atoms with van der Waals surface area (Å²) in [5.41, 5.74) is -0.622. The first-order valence-electron chi connectivity index (χ1n) is 7.01. The number of amides is 1. The number of hydrogen-bond acceptors (Lipinski definition) is 4. The van der Waals surface area contributed by atoms with E-state index in [1.54, 1.807) is 0 Å². The number of nitrogens with zero attached hydrogens (tertiary/aromatic N) is 1. The van der Waals surface area contributed by atoms with Gasteiger partial charge in [-0.1, -0.05) is 0 Å². The van der Waals surface area contributed by atoms with Gasteiger partial charge in [0.1, 0.15) is 5.60 Å². The molecule has 2 aliphatic heterocycles. The van der Waals surface area contributed by atoms with E-state index in [0.29, 0.717) is 12.6 Å². The lowest BCUT2D eigenvalue weighted by Gasteiger charge is -2.42. The van der Waals surface area contributed by atoms with Gasteiger partial charge in [-0.3, -0.25) is 4.79 Å². The molecule has 22 heavy (non-hydrogen) atoms. The first kappa shape index (κ1) is 18.7. The molecule has 0 radical (unpaired) electrons. The van der Waals surface area contributed by atoms with Crippen LogP contribution in [-0.4, -0.2) is 65.9 Å². The molecule has 0 atom stereocenters. The van der Waals surface area contributed by atoms with Crippen molar-refractivity contribution >= 4 is 11.9 Å². The number of alkyl halides is 3. The summed E-state index contributed by atoms with van der Waals surface area (Å²) in [5, 5.41) is 10.4. The van der Waals surface area contributed by atoms with Crippen LogP contribution >= 0.6 is 0 Å². The normalized spacial score (nSPS) is 22.8. The molecule has 2 N–H and O–H groups in total. The number of hydrogen-bond donors (Lipinski definition) is 2. The molecule has 0 spiro atoms. The van der Waals surface area contributed by atoms with Crippen LogP contribution in [0.15, 0.2) is 0 Å². The highest BCUT2D eigenvalue weighted by atomic mass is 19.4. The third-order valence-electron chi connectivity index (χ3n) is 3.56. The smallest absolute Gasteiger partial charge is 0.475 e. The lowest BCUT2D eigenvalue weighted by molar-refractivity contribution is -0.192. The maximum atomic E-state index is 12.1. The summed E-state index contributed by atoms with van der Waals surface area (Å²) in [5.74, 6) is -2.60. The maximum absolute atomic E-state index is 12.1. The van der Waals surface area contributed by atoms with Gasteiger partial charge in [0, 0.05) is 12.6 Å². The van der Waals surface area contributed by atoms with Crippen LogP contribution in [0.1, 0.15) is 26.7 Å². The number of carbonyl (C=O) groups excluding carboxylic acids is 1. The molecule has 2 saturated heterocycles. The number of piperidine rings is 1. The van der Waals surface area contributed by atoms with Gasteiger partial charge in [0.25, 0.3) is 5.91 Å². The lowest BCUT2D eigenvalue weighted by atomic mass is 9.99. The quantitative estimate of drug-likeness (QED) is 0.752. The summed E-state index contributed by atoms with van der Waals surface area (Å²) >= 11 is 0. The van der Waals surface area contributed by atoms with Gasteiger partial charge < -0.3 is 20.1 Å². The van der Waals surface area contributed by atoms with E-state index in [2.05, 4.69) is 5.32 Å². The Morgan fingerprint density at radius 1 is 1.36 bits per heavy atom. The van der Waals surface area contributed by atoms with Crippen molar-refractivity contribution in [2.24, 2.45) is 0 Å². The fourth-order valence-electron chi connectivity index (χ4n) is 2.38. The SMILES string of the molecule is CC1(C)OCCN(C2CCNCC2)C1=O.O=C(O)C(F)(F)F. The third-order valence-corrected chi connectivity index (χ3v) is 3.56. The van der Waals surface area contributed by atoms with Gasteiger partial charge in [-0.25, -0.2) is 4.79 Å². The van der Waals surface area contributed by atoms with Gasteiger partial charge in [0.05, 0.1) is 6.61 Å². The van der Waals surface area contributed by atoms with Crippen LogP contribution < -0.4 is 5.32 Å². The fourth-order valence-corrected chi connectivity index (χ4v) is 2.38. The van der Waals surface area contributed by atoms with Crippen molar-refractivity contribution < 1.29 is 32.6 Å². The molecule has 0 bridgehead atoms. The molecule has 0 saturated carbocycles. The molecule has 0 unspecified atom stereocenters. The van der Waals surface area contributed by atoms with E-state index in [4.69, 9.17) is 14.6 Å². The number of carboxylic acid groups (broad SMARTS) is 1. The Balaban J connectivity index is 0.000000295. The minimum absolute atomic E-state index is 0.153. The second-order valence-electron chi connectivity index (χ2n) is 5.64. The molecule has 0 aliphatic carbocycles. The van der Waals surface area contributed by atoms with Crippen molar-refractivity contribution in [2.45, 2.75) is 44.5 Å². The van der Waals surface area contributed by atoms with Crippen molar-refractivity contribution in [3.63, 3.8) is 0 Å². The molecule has 0 aromatic rings. The van der Waals surface area contributed by atoms with Gasteiger partial charge >= 0.3 is 12.1 Å². The number of morpholine rings is 1. The van der Waals surface area contributed by atoms with Crippen LogP contribution in [0.2, 0.25) is 0 Å². The molecule has 9 heteroatoms. The minimum Gasteiger partial charge on any atom is -0.475 e. The number of rotatable bonds is 1. The van der Waals surface area contributed by atoms with E-state index in [1.165, 1.54) is 0 Å². The van der Waals surface area contributed by atoms with Gasteiger partial charge in [-0.2, -0.15) is 13.2 Å². The molecular formula is C13H21F3N2O4. The predicted molar refractivity (Wildman–Crippen MR) is 71.3 cm³/mol. The highest BCUT2D eigenvalue weighted by Crippen LogP contribution is 2.23. The van der Waals surface area contributed by atoms with E-state index in [-0.39, 0.29) is 5.91 Å².